The van der Waals surface area contributed by atoms with E-state index in [1.165, 1.54) is 6.21 Å². The number of hydrogen-bond donors (Lipinski definition) is 0. The van der Waals surface area contributed by atoms with Gasteiger partial charge in [0, 0.05) is 12.5 Å². The minimum atomic E-state index is -0.301. The fourth-order valence-electron chi connectivity index (χ4n) is 2.03. The molecule has 0 heterocycles. The lowest BCUT2D eigenvalue weighted by Crippen LogP contribution is -2.19. The first-order chi connectivity index (χ1) is 9.81. The molecule has 2 aromatic rings. The van der Waals surface area contributed by atoms with E-state index in [0.717, 1.165) is 15.9 Å². The van der Waals surface area contributed by atoms with Crippen LogP contribution < -0.4 is 0 Å². The Morgan fingerprint density at radius 1 is 1.05 bits per heavy atom. The van der Waals surface area contributed by atoms with Crippen LogP contribution in [-0.4, -0.2) is 17.6 Å². The summed E-state index contributed by atoms with van der Waals surface area (Å²) in [7, 11) is 0. The number of nitrogens with zero attached hydrogens (tertiary/aromatic N) is 1. The summed E-state index contributed by atoms with van der Waals surface area (Å²) in [6.45, 7) is 2.62. The zero-order chi connectivity index (χ0) is 14.2. The SMILES string of the molecule is C/C=[N+](\[O-])C(COCc1ccccc1)c1ccccc1. The average Bonchev–Trinajstić information content (AvgIpc) is 2.53. The van der Waals surface area contributed by atoms with Crippen LogP contribution in [0.5, 0.6) is 0 Å². The smallest absolute Gasteiger partial charge is 0.211 e. The van der Waals surface area contributed by atoms with Crippen LogP contribution in [0.1, 0.15) is 24.1 Å². The van der Waals surface area contributed by atoms with E-state index in [2.05, 4.69) is 0 Å². The molecule has 1 unspecified atom stereocenters. The predicted molar refractivity (Wildman–Crippen MR) is 80.6 cm³/mol. The lowest BCUT2D eigenvalue weighted by atomic mass is 10.1. The minimum Gasteiger partial charge on any atom is -0.624 e. The van der Waals surface area contributed by atoms with Gasteiger partial charge in [-0.05, 0) is 5.56 Å². The van der Waals surface area contributed by atoms with Gasteiger partial charge in [0.2, 0.25) is 6.04 Å². The van der Waals surface area contributed by atoms with E-state index in [1.807, 2.05) is 60.7 Å². The maximum absolute atomic E-state index is 11.9. The molecule has 0 radical (unpaired) electrons. The molecular weight excluding hydrogens is 250 g/mol. The Kier molecular flexibility index (Phi) is 5.33. The lowest BCUT2D eigenvalue weighted by molar-refractivity contribution is -0.509. The molecule has 2 rings (SSSR count). The van der Waals surface area contributed by atoms with Crippen molar-refractivity contribution in [2.24, 2.45) is 0 Å². The quantitative estimate of drug-likeness (QED) is 0.348. The normalized spacial score (nSPS) is 13.2. The van der Waals surface area contributed by atoms with Gasteiger partial charge in [0.15, 0.2) is 0 Å². The van der Waals surface area contributed by atoms with Crippen LogP contribution in [0.2, 0.25) is 0 Å². The van der Waals surface area contributed by atoms with Crippen molar-refractivity contribution >= 4 is 6.21 Å². The second-order valence-electron chi connectivity index (χ2n) is 4.55. The minimum absolute atomic E-state index is 0.301. The summed E-state index contributed by atoms with van der Waals surface area (Å²) in [5, 5.41) is 11.9. The molecular formula is C17H19NO2. The van der Waals surface area contributed by atoms with Gasteiger partial charge in [-0.25, -0.2) is 4.74 Å². The monoisotopic (exact) mass is 269 g/mol. The number of hydroxylamine groups is 1. The van der Waals surface area contributed by atoms with Gasteiger partial charge in [-0.15, -0.1) is 0 Å². The molecule has 0 bridgehead atoms. The Labute approximate surface area is 119 Å². The van der Waals surface area contributed by atoms with Crippen molar-refractivity contribution in [3.63, 3.8) is 0 Å². The first-order valence-electron chi connectivity index (χ1n) is 6.73. The Balaban J connectivity index is 1.99. The molecule has 0 saturated heterocycles. The molecule has 0 saturated carbocycles. The number of ether oxygens (including phenoxy) is 1. The van der Waals surface area contributed by atoms with Crippen LogP contribution in [0.3, 0.4) is 0 Å². The van der Waals surface area contributed by atoms with E-state index >= 15 is 0 Å². The van der Waals surface area contributed by atoms with Gasteiger partial charge < -0.3 is 9.94 Å². The van der Waals surface area contributed by atoms with E-state index in [1.54, 1.807) is 6.92 Å². The second-order valence-corrected chi connectivity index (χ2v) is 4.55. The van der Waals surface area contributed by atoms with Crippen LogP contribution >= 0.6 is 0 Å². The highest BCUT2D eigenvalue weighted by Gasteiger charge is 2.18. The fraction of sp³-hybridized carbons (Fsp3) is 0.235. The van der Waals surface area contributed by atoms with Crippen LogP contribution in [0.15, 0.2) is 60.7 Å². The van der Waals surface area contributed by atoms with Gasteiger partial charge in [-0.2, -0.15) is 0 Å². The van der Waals surface area contributed by atoms with Crippen LogP contribution in [0.25, 0.3) is 0 Å². The van der Waals surface area contributed by atoms with Gasteiger partial charge in [0.05, 0.1) is 6.61 Å². The van der Waals surface area contributed by atoms with Gasteiger partial charge in [-0.3, -0.25) is 0 Å². The van der Waals surface area contributed by atoms with Crippen molar-refractivity contribution in [1.82, 2.24) is 0 Å². The Morgan fingerprint density at radius 3 is 2.25 bits per heavy atom. The Morgan fingerprint density at radius 2 is 1.65 bits per heavy atom. The van der Waals surface area contributed by atoms with Gasteiger partial charge >= 0.3 is 0 Å². The molecule has 0 aliphatic heterocycles. The topological polar surface area (TPSA) is 35.3 Å². The number of rotatable bonds is 6. The van der Waals surface area contributed by atoms with Crippen LogP contribution in [-0.2, 0) is 11.3 Å². The average molecular weight is 269 g/mol. The molecule has 104 valence electrons. The first kappa shape index (κ1) is 14.3. The highest BCUT2D eigenvalue weighted by atomic mass is 16.5. The third-order valence-corrected chi connectivity index (χ3v) is 3.13. The summed E-state index contributed by atoms with van der Waals surface area (Å²) in [4.78, 5) is 0. The van der Waals surface area contributed by atoms with Crippen molar-refractivity contribution in [2.45, 2.75) is 19.6 Å². The summed E-state index contributed by atoms with van der Waals surface area (Å²) >= 11 is 0. The largest absolute Gasteiger partial charge is 0.624 e. The number of benzene rings is 2. The molecule has 20 heavy (non-hydrogen) atoms. The standard InChI is InChI=1S/C17H19NO2/c1-2-18(19)17(16-11-7-4-8-12-16)14-20-13-15-9-5-3-6-10-15/h2-12,17H,13-14H2,1H3/b18-2-. The van der Waals surface area contributed by atoms with E-state index in [-0.39, 0.29) is 6.04 Å². The molecule has 0 spiro atoms. The zero-order valence-corrected chi connectivity index (χ0v) is 11.6. The molecule has 0 N–H and O–H groups in total. The molecule has 0 aliphatic rings. The summed E-state index contributed by atoms with van der Waals surface area (Å²) in [6.07, 6.45) is 1.53. The van der Waals surface area contributed by atoms with Crippen molar-refractivity contribution in [3.05, 3.63) is 77.0 Å². The second kappa shape index (κ2) is 7.46. The highest BCUT2D eigenvalue weighted by Crippen LogP contribution is 2.17. The Hall–Kier alpha value is -2.13. The Bertz CT molecular complexity index is 537. The maximum Gasteiger partial charge on any atom is 0.211 e. The summed E-state index contributed by atoms with van der Waals surface area (Å²) in [5.41, 5.74) is 2.07. The lowest BCUT2D eigenvalue weighted by Gasteiger charge is -2.17. The molecule has 0 aliphatic carbocycles. The van der Waals surface area contributed by atoms with E-state index in [4.69, 9.17) is 4.74 Å². The van der Waals surface area contributed by atoms with Crippen molar-refractivity contribution < 1.29 is 9.48 Å². The molecule has 2 aromatic carbocycles. The molecule has 0 amide bonds. The highest BCUT2D eigenvalue weighted by molar-refractivity contribution is 5.47. The molecule has 0 fully saturated rings. The summed E-state index contributed by atoms with van der Waals surface area (Å²) in [5.74, 6) is 0. The van der Waals surface area contributed by atoms with Crippen molar-refractivity contribution in [2.75, 3.05) is 6.61 Å². The number of hydrogen-bond acceptors (Lipinski definition) is 2. The zero-order valence-electron chi connectivity index (χ0n) is 11.6. The molecule has 3 nitrogen and oxygen atoms in total. The third-order valence-electron chi connectivity index (χ3n) is 3.13. The van der Waals surface area contributed by atoms with Crippen molar-refractivity contribution in [1.29, 1.82) is 0 Å². The van der Waals surface area contributed by atoms with Gasteiger partial charge in [0.1, 0.15) is 12.8 Å². The van der Waals surface area contributed by atoms with Crippen LogP contribution in [0, 0.1) is 5.21 Å². The van der Waals surface area contributed by atoms with Crippen LogP contribution in [0.4, 0.5) is 0 Å². The van der Waals surface area contributed by atoms with Crippen molar-refractivity contribution in [3.8, 4) is 0 Å². The van der Waals surface area contributed by atoms with E-state index in [9.17, 15) is 5.21 Å². The molecule has 0 aromatic heterocycles. The fourth-order valence-corrected chi connectivity index (χ4v) is 2.03. The maximum atomic E-state index is 11.9. The van der Waals surface area contributed by atoms with E-state index in [0.29, 0.717) is 13.2 Å². The third kappa shape index (κ3) is 3.93. The van der Waals surface area contributed by atoms with Gasteiger partial charge in [-0.1, -0.05) is 60.7 Å². The van der Waals surface area contributed by atoms with Gasteiger partial charge in [0.25, 0.3) is 0 Å². The predicted octanol–water partition coefficient (Wildman–Crippen LogP) is 3.55. The summed E-state index contributed by atoms with van der Waals surface area (Å²) in [6, 6.07) is 19.4. The molecule has 3 heteroatoms. The molecule has 1 atom stereocenters. The van der Waals surface area contributed by atoms with E-state index < -0.39 is 0 Å². The first-order valence-corrected chi connectivity index (χ1v) is 6.73. The summed E-state index contributed by atoms with van der Waals surface area (Å²) < 4.78 is 6.64.